The summed E-state index contributed by atoms with van der Waals surface area (Å²) in [4.78, 5) is 12.4. The van der Waals surface area contributed by atoms with Crippen molar-refractivity contribution in [2.24, 2.45) is 0 Å². The molecule has 3 aromatic rings. The van der Waals surface area contributed by atoms with Crippen LogP contribution in [-0.4, -0.2) is 28.5 Å². The smallest absolute Gasteiger partial charge is 0.262 e. The number of carbonyl (C=O) groups is 1. The lowest BCUT2D eigenvalue weighted by Gasteiger charge is -2.14. The molecule has 0 aromatic heterocycles. The van der Waals surface area contributed by atoms with Gasteiger partial charge < -0.3 is 14.8 Å². The van der Waals surface area contributed by atoms with Gasteiger partial charge in [-0.05, 0) is 54.5 Å². The monoisotopic (exact) mass is 452 g/mol. The Labute approximate surface area is 187 Å². The summed E-state index contributed by atoms with van der Waals surface area (Å²) in [7, 11) is -1.05. The number of carbonyl (C=O) groups excluding carboxylic acids is 1. The van der Waals surface area contributed by atoms with Crippen LogP contribution in [0.15, 0.2) is 77.7 Å². The first-order valence-electron chi connectivity index (χ1n) is 9.72. The van der Waals surface area contributed by atoms with Crippen LogP contribution in [0.3, 0.4) is 0 Å². The number of aryl methyl sites for hydroxylation is 1. The lowest BCUT2D eigenvalue weighted by molar-refractivity contribution is -0.111. The summed E-state index contributed by atoms with van der Waals surface area (Å²) in [5, 5.41) is 2.68. The largest absolute Gasteiger partial charge is 0.495 e. The lowest BCUT2D eigenvalue weighted by Crippen LogP contribution is -2.15. The minimum atomic E-state index is -3.94. The topological polar surface area (TPSA) is 93.7 Å². The highest BCUT2D eigenvalue weighted by molar-refractivity contribution is 7.92. The molecule has 0 aliphatic carbocycles. The van der Waals surface area contributed by atoms with Gasteiger partial charge in [0.1, 0.15) is 11.5 Å². The van der Waals surface area contributed by atoms with Crippen LogP contribution >= 0.6 is 0 Å². The number of hydrogen-bond donors (Lipinski definition) is 2. The van der Waals surface area contributed by atoms with E-state index in [4.69, 9.17) is 9.47 Å². The maximum absolute atomic E-state index is 12.9. The summed E-state index contributed by atoms with van der Waals surface area (Å²) in [5.41, 5.74) is 2.48. The van der Waals surface area contributed by atoms with Crippen molar-refractivity contribution >= 4 is 33.4 Å². The van der Waals surface area contributed by atoms with E-state index in [1.807, 2.05) is 31.2 Å². The van der Waals surface area contributed by atoms with Gasteiger partial charge in [-0.2, -0.15) is 0 Å². The second kappa shape index (κ2) is 10.0. The predicted octanol–water partition coefficient (Wildman–Crippen LogP) is 4.46. The minimum absolute atomic E-state index is 0.0395. The summed E-state index contributed by atoms with van der Waals surface area (Å²) >= 11 is 0. The Balaban J connectivity index is 1.85. The highest BCUT2D eigenvalue weighted by Crippen LogP contribution is 2.30. The number of hydrogen-bond acceptors (Lipinski definition) is 5. The number of sulfonamides is 1. The van der Waals surface area contributed by atoms with E-state index in [-0.39, 0.29) is 10.6 Å². The number of nitrogens with one attached hydrogen (secondary N) is 2. The van der Waals surface area contributed by atoms with Crippen molar-refractivity contribution in [3.63, 3.8) is 0 Å². The van der Waals surface area contributed by atoms with Gasteiger partial charge in [-0.3, -0.25) is 9.52 Å². The van der Waals surface area contributed by atoms with Gasteiger partial charge in [-0.15, -0.1) is 0 Å². The molecule has 0 aliphatic heterocycles. The van der Waals surface area contributed by atoms with Crippen LogP contribution in [0.2, 0.25) is 0 Å². The average Bonchev–Trinajstić information content (AvgIpc) is 2.78. The number of rotatable bonds is 8. The fourth-order valence-corrected chi connectivity index (χ4v) is 4.09. The van der Waals surface area contributed by atoms with Crippen LogP contribution < -0.4 is 19.5 Å². The van der Waals surface area contributed by atoms with Crippen LogP contribution in [-0.2, 0) is 14.8 Å². The van der Waals surface area contributed by atoms with Crippen molar-refractivity contribution < 1.29 is 22.7 Å². The zero-order valence-corrected chi connectivity index (χ0v) is 18.8. The Hall–Kier alpha value is -3.78. The molecule has 0 unspecified atom stereocenters. The van der Waals surface area contributed by atoms with Gasteiger partial charge in [0.15, 0.2) is 0 Å². The molecule has 7 nitrogen and oxygen atoms in total. The highest BCUT2D eigenvalue weighted by atomic mass is 32.2. The number of ether oxygens (including phenoxy) is 2. The van der Waals surface area contributed by atoms with Crippen molar-refractivity contribution in [3.8, 4) is 11.5 Å². The van der Waals surface area contributed by atoms with Crippen LogP contribution in [0, 0.1) is 6.92 Å². The molecule has 3 rings (SSSR count). The third kappa shape index (κ3) is 5.47. The van der Waals surface area contributed by atoms with E-state index in [0.29, 0.717) is 17.2 Å². The third-order valence-electron chi connectivity index (χ3n) is 4.69. The number of para-hydroxylation sites is 2. The first-order valence-corrected chi connectivity index (χ1v) is 11.2. The first-order chi connectivity index (χ1) is 15.3. The number of methoxy groups -OCH3 is 2. The zero-order chi connectivity index (χ0) is 23.1. The van der Waals surface area contributed by atoms with Gasteiger partial charge in [-0.25, -0.2) is 8.42 Å². The van der Waals surface area contributed by atoms with Crippen molar-refractivity contribution in [3.05, 3.63) is 83.9 Å². The maximum atomic E-state index is 12.9. The molecule has 0 heterocycles. The zero-order valence-electron chi connectivity index (χ0n) is 18.0. The van der Waals surface area contributed by atoms with Crippen molar-refractivity contribution in [2.75, 3.05) is 24.3 Å². The first kappa shape index (κ1) is 22.9. The van der Waals surface area contributed by atoms with E-state index >= 15 is 0 Å². The molecule has 3 aromatic carbocycles. The highest BCUT2D eigenvalue weighted by Gasteiger charge is 2.19. The predicted molar refractivity (Wildman–Crippen MR) is 126 cm³/mol. The van der Waals surface area contributed by atoms with Crippen molar-refractivity contribution in [1.29, 1.82) is 0 Å². The molecule has 1 amide bonds. The van der Waals surface area contributed by atoms with E-state index < -0.39 is 15.9 Å². The van der Waals surface area contributed by atoms with Gasteiger partial charge in [0.25, 0.3) is 10.0 Å². The molecular weight excluding hydrogens is 428 g/mol. The molecule has 2 N–H and O–H groups in total. The molecule has 0 spiro atoms. The second-order valence-corrected chi connectivity index (χ2v) is 8.53. The molecule has 8 heteroatoms. The Kier molecular flexibility index (Phi) is 7.17. The molecule has 0 saturated carbocycles. The summed E-state index contributed by atoms with van der Waals surface area (Å²) in [6.45, 7) is 1.95. The third-order valence-corrected chi connectivity index (χ3v) is 6.06. The Morgan fingerprint density at radius 2 is 1.53 bits per heavy atom. The van der Waals surface area contributed by atoms with Crippen molar-refractivity contribution in [1.82, 2.24) is 0 Å². The van der Waals surface area contributed by atoms with E-state index in [9.17, 15) is 13.2 Å². The fourth-order valence-electron chi connectivity index (χ4n) is 3.00. The quantitative estimate of drug-likeness (QED) is 0.492. The fraction of sp³-hybridized carbons (Fsp3) is 0.125. The molecule has 166 valence electrons. The Morgan fingerprint density at radius 3 is 2.25 bits per heavy atom. The molecular formula is C24H24N2O5S. The van der Waals surface area contributed by atoms with E-state index in [0.717, 1.165) is 11.1 Å². The van der Waals surface area contributed by atoms with Crippen LogP contribution in [0.25, 0.3) is 6.08 Å². The van der Waals surface area contributed by atoms with Gasteiger partial charge in [-0.1, -0.05) is 36.4 Å². The minimum Gasteiger partial charge on any atom is -0.495 e. The van der Waals surface area contributed by atoms with E-state index in [1.165, 1.54) is 38.5 Å². The van der Waals surface area contributed by atoms with Gasteiger partial charge in [0.2, 0.25) is 5.91 Å². The van der Waals surface area contributed by atoms with Crippen LogP contribution in [0.5, 0.6) is 11.5 Å². The molecule has 0 bridgehead atoms. The molecule has 0 atom stereocenters. The van der Waals surface area contributed by atoms with Crippen LogP contribution in [0.4, 0.5) is 11.4 Å². The van der Waals surface area contributed by atoms with E-state index in [2.05, 4.69) is 10.0 Å². The normalized spacial score (nSPS) is 11.2. The molecule has 0 radical (unpaired) electrons. The maximum Gasteiger partial charge on any atom is 0.262 e. The summed E-state index contributed by atoms with van der Waals surface area (Å²) in [6, 6.07) is 18.6. The Morgan fingerprint density at radius 1 is 0.875 bits per heavy atom. The number of anilines is 2. The van der Waals surface area contributed by atoms with E-state index in [1.54, 1.807) is 30.3 Å². The molecule has 32 heavy (non-hydrogen) atoms. The molecule has 0 aliphatic rings. The summed E-state index contributed by atoms with van der Waals surface area (Å²) in [5.74, 6) is 0.303. The molecule has 0 fully saturated rings. The summed E-state index contributed by atoms with van der Waals surface area (Å²) in [6.07, 6.45) is 3.08. The van der Waals surface area contributed by atoms with Crippen molar-refractivity contribution in [2.45, 2.75) is 11.8 Å². The number of benzene rings is 3. The lowest BCUT2D eigenvalue weighted by atomic mass is 10.1. The van der Waals surface area contributed by atoms with Gasteiger partial charge >= 0.3 is 0 Å². The Bertz CT molecular complexity index is 1250. The molecule has 0 saturated heterocycles. The van der Waals surface area contributed by atoms with Crippen LogP contribution in [0.1, 0.15) is 11.1 Å². The van der Waals surface area contributed by atoms with Gasteiger partial charge in [0.05, 0.1) is 30.5 Å². The second-order valence-electron chi connectivity index (χ2n) is 6.85. The number of amides is 1. The average molecular weight is 453 g/mol. The standard InChI is InChI=1S/C24H24N2O5S/c1-17-8-4-5-9-18(17)12-15-24(27)25-21-16-19(13-14-23(21)31-3)32(28,29)26-20-10-6-7-11-22(20)30-2/h4-16,26H,1-3H3,(H,25,27)/b15-12+. The van der Waals surface area contributed by atoms with Gasteiger partial charge in [0, 0.05) is 6.08 Å². The SMILES string of the molecule is COc1ccc(S(=O)(=O)Nc2ccccc2OC)cc1NC(=O)/C=C/c1ccccc1C. The summed E-state index contributed by atoms with van der Waals surface area (Å²) < 4.78 is 38.8.